The largest absolute Gasteiger partial charge is 0.497 e. The molecule has 155 valence electrons. The van der Waals surface area contributed by atoms with Crippen molar-refractivity contribution < 1.29 is 54.9 Å². The van der Waals surface area contributed by atoms with Crippen molar-refractivity contribution in [1.29, 1.82) is 0 Å². The van der Waals surface area contributed by atoms with E-state index < -0.39 is 48.5 Å². The Morgan fingerprint density at radius 3 is 2.50 bits per heavy atom. The zero-order valence-corrected chi connectivity index (χ0v) is 14.5. The standard InChI is InChI=1S/C16H20NO11/c1-27-7-2-3-8-11(4-7)28-16(25,15(24)17(8)26)5-9(19)12(21)14(23)13(22)10(20)6-18/h2-5,10,12-14,18,20-23,25-26H,6H2,1H3/t10-,12+,13-,14-,16?/m1/s1. The molecule has 7 N–H and O–H groups in total. The van der Waals surface area contributed by atoms with E-state index in [2.05, 4.69) is 0 Å². The van der Waals surface area contributed by atoms with Gasteiger partial charge in [0.05, 0.1) is 13.7 Å². The maximum Gasteiger partial charge on any atom is 0.324 e. The highest BCUT2D eigenvalue weighted by Gasteiger charge is 2.51. The molecule has 2 rings (SSSR count). The predicted molar refractivity (Wildman–Crippen MR) is 88.3 cm³/mol. The molecule has 1 heterocycles. The molecule has 1 amide bonds. The summed E-state index contributed by atoms with van der Waals surface area (Å²) in [6, 6.07) is 3.85. The number of Topliss-reactive ketones (excluding diaryl/α,β-unsaturated/α-hetero) is 1. The highest BCUT2D eigenvalue weighted by Crippen LogP contribution is 2.39. The highest BCUT2D eigenvalue weighted by molar-refractivity contribution is 6.06. The second-order valence-electron chi connectivity index (χ2n) is 5.97. The SMILES string of the molecule is COc1ccc2c(c1)OC(O)([CH]C(=O)[C@H](O)[C@@H](O)[C@H](O)[C@H](O)CO)C(=O)N2O. The first-order valence-corrected chi connectivity index (χ1v) is 7.91. The number of hydroxylamine groups is 1. The molecular formula is C16H20NO11. The second-order valence-corrected chi connectivity index (χ2v) is 5.97. The van der Waals surface area contributed by atoms with E-state index in [9.17, 15) is 40.3 Å². The van der Waals surface area contributed by atoms with Gasteiger partial charge in [-0.15, -0.1) is 0 Å². The Balaban J connectivity index is 2.21. The van der Waals surface area contributed by atoms with Gasteiger partial charge in [0.2, 0.25) is 0 Å². The first kappa shape index (κ1) is 22.0. The molecule has 0 spiro atoms. The van der Waals surface area contributed by atoms with Crippen LogP contribution in [0.1, 0.15) is 0 Å². The first-order chi connectivity index (χ1) is 13.1. The van der Waals surface area contributed by atoms with E-state index in [1.807, 2.05) is 0 Å². The lowest BCUT2D eigenvalue weighted by Gasteiger charge is -2.36. The van der Waals surface area contributed by atoms with Crippen LogP contribution in [0.5, 0.6) is 11.5 Å². The number of hydrogen-bond acceptors (Lipinski definition) is 11. The molecule has 0 bridgehead atoms. The highest BCUT2D eigenvalue weighted by atomic mass is 16.7. The molecule has 0 fully saturated rings. The fraction of sp³-hybridized carbons (Fsp3) is 0.438. The molecule has 1 aliphatic rings. The average Bonchev–Trinajstić information content (AvgIpc) is 2.69. The number of carbonyl (C=O) groups excluding carboxylic acids is 2. The van der Waals surface area contributed by atoms with Crippen molar-refractivity contribution >= 4 is 17.4 Å². The van der Waals surface area contributed by atoms with Gasteiger partial charge >= 0.3 is 11.7 Å². The lowest BCUT2D eigenvalue weighted by Crippen LogP contribution is -2.58. The molecule has 0 aromatic heterocycles. The van der Waals surface area contributed by atoms with E-state index in [1.165, 1.54) is 25.3 Å². The fourth-order valence-electron chi connectivity index (χ4n) is 2.41. The summed E-state index contributed by atoms with van der Waals surface area (Å²) < 4.78 is 10.0. The van der Waals surface area contributed by atoms with Gasteiger partial charge in [0.1, 0.15) is 42.3 Å². The van der Waals surface area contributed by atoms with Crippen molar-refractivity contribution in [2.24, 2.45) is 0 Å². The number of aliphatic hydroxyl groups excluding tert-OH is 5. The number of hydrogen-bond donors (Lipinski definition) is 7. The number of methoxy groups -OCH3 is 1. The van der Waals surface area contributed by atoms with Crippen LogP contribution < -0.4 is 14.5 Å². The molecule has 0 aliphatic carbocycles. The summed E-state index contributed by atoms with van der Waals surface area (Å²) in [7, 11) is 1.33. The van der Waals surface area contributed by atoms with Gasteiger partial charge in [0.25, 0.3) is 0 Å². The lowest BCUT2D eigenvalue weighted by atomic mass is 9.95. The second kappa shape index (κ2) is 8.36. The topological polar surface area (TPSA) is 197 Å². The maximum atomic E-state index is 12.2. The minimum atomic E-state index is -3.05. The summed E-state index contributed by atoms with van der Waals surface area (Å²) in [6.07, 6.45) is -8.43. The summed E-state index contributed by atoms with van der Waals surface area (Å²) >= 11 is 0. The van der Waals surface area contributed by atoms with Crippen LogP contribution in [-0.4, -0.2) is 91.5 Å². The van der Waals surface area contributed by atoms with Crippen LogP contribution >= 0.6 is 0 Å². The lowest BCUT2D eigenvalue weighted by molar-refractivity contribution is -0.175. The quantitative estimate of drug-likeness (QED) is 0.215. The molecule has 1 unspecified atom stereocenters. The summed E-state index contributed by atoms with van der Waals surface area (Å²) in [5, 5.41) is 67.4. The van der Waals surface area contributed by atoms with E-state index >= 15 is 0 Å². The number of benzene rings is 1. The Labute approximate surface area is 158 Å². The van der Waals surface area contributed by atoms with Crippen LogP contribution in [0.15, 0.2) is 18.2 Å². The van der Waals surface area contributed by atoms with Crippen LogP contribution in [0.4, 0.5) is 5.69 Å². The van der Waals surface area contributed by atoms with Crippen molar-refractivity contribution in [1.82, 2.24) is 0 Å². The van der Waals surface area contributed by atoms with Crippen LogP contribution in [-0.2, 0) is 9.59 Å². The maximum absolute atomic E-state index is 12.2. The Hall–Kier alpha value is -2.32. The van der Waals surface area contributed by atoms with E-state index in [-0.39, 0.29) is 28.7 Å². The number of nitrogens with zero attached hydrogens (tertiary/aromatic N) is 1. The summed E-state index contributed by atoms with van der Waals surface area (Å²) in [6.45, 7) is -0.966. The number of fused-ring (bicyclic) bond motifs is 1. The summed E-state index contributed by atoms with van der Waals surface area (Å²) in [5.41, 5.74) is -0.154. The molecule has 12 nitrogen and oxygen atoms in total. The van der Waals surface area contributed by atoms with Crippen molar-refractivity contribution in [3.63, 3.8) is 0 Å². The van der Waals surface area contributed by atoms with E-state index in [0.717, 1.165) is 0 Å². The molecule has 0 saturated heterocycles. The first-order valence-electron chi connectivity index (χ1n) is 7.91. The smallest absolute Gasteiger partial charge is 0.324 e. The summed E-state index contributed by atoms with van der Waals surface area (Å²) in [4.78, 5) is 24.3. The third-order valence-electron chi connectivity index (χ3n) is 4.04. The van der Waals surface area contributed by atoms with Crippen LogP contribution in [0.2, 0.25) is 0 Å². The van der Waals surface area contributed by atoms with Crippen molar-refractivity contribution in [3.05, 3.63) is 24.6 Å². The Kier molecular flexibility index (Phi) is 6.56. The van der Waals surface area contributed by atoms with Gasteiger partial charge in [-0.05, 0) is 12.1 Å². The zero-order valence-electron chi connectivity index (χ0n) is 14.5. The van der Waals surface area contributed by atoms with Gasteiger partial charge in [-0.3, -0.25) is 14.8 Å². The van der Waals surface area contributed by atoms with Crippen LogP contribution in [0, 0.1) is 6.42 Å². The minimum Gasteiger partial charge on any atom is -0.497 e. The average molecular weight is 402 g/mol. The number of carbonyl (C=O) groups is 2. The van der Waals surface area contributed by atoms with E-state index in [0.29, 0.717) is 0 Å². The van der Waals surface area contributed by atoms with Gasteiger partial charge < -0.3 is 40.1 Å². The number of ketones is 1. The van der Waals surface area contributed by atoms with Gasteiger partial charge in [0.15, 0.2) is 11.5 Å². The zero-order chi connectivity index (χ0) is 21.2. The van der Waals surface area contributed by atoms with Gasteiger partial charge in [-0.25, -0.2) is 0 Å². The molecule has 28 heavy (non-hydrogen) atoms. The fourth-order valence-corrected chi connectivity index (χ4v) is 2.41. The monoisotopic (exact) mass is 402 g/mol. The Morgan fingerprint density at radius 2 is 1.93 bits per heavy atom. The number of aliphatic hydroxyl groups is 6. The summed E-state index contributed by atoms with van der Waals surface area (Å²) in [5.74, 6) is -6.00. The Bertz CT molecular complexity index is 741. The van der Waals surface area contributed by atoms with Gasteiger partial charge in [-0.1, -0.05) is 0 Å². The third-order valence-corrected chi connectivity index (χ3v) is 4.04. The van der Waals surface area contributed by atoms with Crippen molar-refractivity contribution in [3.8, 4) is 11.5 Å². The Morgan fingerprint density at radius 1 is 1.29 bits per heavy atom. The van der Waals surface area contributed by atoms with E-state index in [1.54, 1.807) is 0 Å². The van der Waals surface area contributed by atoms with Crippen LogP contribution in [0.25, 0.3) is 0 Å². The molecule has 12 heteroatoms. The number of rotatable bonds is 8. The van der Waals surface area contributed by atoms with E-state index in [4.69, 9.17) is 14.6 Å². The molecule has 5 atom stereocenters. The minimum absolute atomic E-state index is 0.0230. The van der Waals surface area contributed by atoms with Gasteiger partial charge in [0, 0.05) is 6.07 Å². The number of anilines is 1. The van der Waals surface area contributed by atoms with Gasteiger partial charge in [-0.2, -0.15) is 5.06 Å². The molecule has 1 aliphatic heterocycles. The number of ether oxygens (including phenoxy) is 2. The molecule has 0 saturated carbocycles. The molecule has 1 aromatic rings. The van der Waals surface area contributed by atoms with Crippen LogP contribution in [0.3, 0.4) is 0 Å². The van der Waals surface area contributed by atoms with Crippen molar-refractivity contribution in [2.45, 2.75) is 30.2 Å². The normalized spacial score (nSPS) is 23.3. The molecular weight excluding hydrogens is 382 g/mol. The third kappa shape index (κ3) is 4.07. The van der Waals surface area contributed by atoms with Crippen molar-refractivity contribution in [2.75, 3.05) is 18.8 Å². The predicted octanol–water partition coefficient (Wildman–Crippen LogP) is -3.29. The molecule has 1 radical (unpaired) electrons. The molecule has 1 aromatic carbocycles. The number of amides is 1.